The average Bonchev–Trinajstić information content (AvgIpc) is 2.63. The summed E-state index contributed by atoms with van der Waals surface area (Å²) in [4.78, 5) is 0. The number of hydrogen-bond donors (Lipinski definition) is 1. The minimum Gasteiger partial charge on any atom is -0.399 e. The highest BCUT2D eigenvalue weighted by atomic mass is 19.4. The molecule has 6 heteroatoms. The Bertz CT molecular complexity index is 541. The third kappa shape index (κ3) is 2.64. The molecule has 0 atom stereocenters. The summed E-state index contributed by atoms with van der Waals surface area (Å²) in [6, 6.07) is 7.99. The van der Waals surface area contributed by atoms with Gasteiger partial charge in [-0.05, 0) is 30.7 Å². The maximum Gasteiger partial charge on any atom is 0.435 e. The fourth-order valence-corrected chi connectivity index (χ4v) is 1.60. The van der Waals surface area contributed by atoms with E-state index in [2.05, 4.69) is 5.10 Å². The first-order valence-electron chi connectivity index (χ1n) is 5.32. The lowest BCUT2D eigenvalue weighted by molar-refractivity contribution is -0.141. The molecule has 0 aliphatic carbocycles. The first-order chi connectivity index (χ1) is 8.36. The van der Waals surface area contributed by atoms with E-state index in [-0.39, 0.29) is 0 Å². The topological polar surface area (TPSA) is 43.8 Å². The van der Waals surface area contributed by atoms with Crippen LogP contribution in [-0.4, -0.2) is 9.78 Å². The quantitative estimate of drug-likeness (QED) is 0.838. The zero-order chi connectivity index (χ0) is 13.3. The molecule has 2 N–H and O–H groups in total. The third-order valence-corrected chi connectivity index (χ3v) is 2.58. The van der Waals surface area contributed by atoms with Crippen molar-refractivity contribution in [2.75, 3.05) is 5.73 Å². The van der Waals surface area contributed by atoms with Gasteiger partial charge in [0.2, 0.25) is 0 Å². The summed E-state index contributed by atoms with van der Waals surface area (Å²) >= 11 is 0. The molecule has 2 aromatic rings. The van der Waals surface area contributed by atoms with Crippen LogP contribution < -0.4 is 5.73 Å². The van der Waals surface area contributed by atoms with Crippen molar-refractivity contribution in [3.63, 3.8) is 0 Å². The van der Waals surface area contributed by atoms with E-state index in [9.17, 15) is 13.2 Å². The van der Waals surface area contributed by atoms with Crippen molar-refractivity contribution in [3.05, 3.63) is 47.3 Å². The Morgan fingerprint density at radius 3 is 2.33 bits per heavy atom. The number of hydrogen-bond acceptors (Lipinski definition) is 2. The van der Waals surface area contributed by atoms with Crippen LogP contribution in [0.15, 0.2) is 30.3 Å². The number of benzene rings is 1. The van der Waals surface area contributed by atoms with Crippen LogP contribution in [0.2, 0.25) is 0 Å². The second-order valence-electron chi connectivity index (χ2n) is 4.07. The van der Waals surface area contributed by atoms with Gasteiger partial charge in [-0.25, -0.2) is 0 Å². The largest absolute Gasteiger partial charge is 0.435 e. The summed E-state index contributed by atoms with van der Waals surface area (Å²) in [6.45, 7) is 1.89. The van der Waals surface area contributed by atoms with E-state index in [4.69, 9.17) is 5.73 Å². The number of nitrogens with two attached hydrogens (primary N) is 1. The first kappa shape index (κ1) is 12.5. The highest BCUT2D eigenvalue weighted by molar-refractivity contribution is 5.39. The van der Waals surface area contributed by atoms with E-state index < -0.39 is 11.9 Å². The van der Waals surface area contributed by atoms with Gasteiger partial charge in [0.25, 0.3) is 0 Å². The summed E-state index contributed by atoms with van der Waals surface area (Å²) in [6.07, 6.45) is -4.41. The van der Waals surface area contributed by atoms with E-state index >= 15 is 0 Å². The van der Waals surface area contributed by atoms with Gasteiger partial charge in [0.05, 0.1) is 6.54 Å². The molecule has 0 spiro atoms. The van der Waals surface area contributed by atoms with Crippen LogP contribution in [0.3, 0.4) is 0 Å². The van der Waals surface area contributed by atoms with Gasteiger partial charge in [-0.2, -0.15) is 18.3 Å². The molecule has 3 nitrogen and oxygen atoms in total. The monoisotopic (exact) mass is 255 g/mol. The van der Waals surface area contributed by atoms with Gasteiger partial charge in [0.1, 0.15) is 0 Å². The lowest BCUT2D eigenvalue weighted by Gasteiger charge is -2.05. The van der Waals surface area contributed by atoms with E-state index in [1.807, 2.05) is 0 Å². The Morgan fingerprint density at radius 2 is 1.83 bits per heavy atom. The maximum atomic E-state index is 12.5. The zero-order valence-corrected chi connectivity index (χ0v) is 9.70. The van der Waals surface area contributed by atoms with Gasteiger partial charge in [-0.15, -0.1) is 0 Å². The van der Waals surface area contributed by atoms with Crippen LogP contribution in [0.4, 0.5) is 18.9 Å². The SMILES string of the molecule is Cc1cc(C(F)(F)F)nn1Cc1ccc(N)cc1. The molecule has 0 amide bonds. The predicted octanol–water partition coefficient (Wildman–Crippen LogP) is 2.84. The van der Waals surface area contributed by atoms with Crippen LogP contribution >= 0.6 is 0 Å². The van der Waals surface area contributed by atoms with Gasteiger partial charge in [-0.1, -0.05) is 12.1 Å². The molecule has 0 saturated heterocycles. The molecular weight excluding hydrogens is 243 g/mol. The normalized spacial score (nSPS) is 11.8. The first-order valence-corrected chi connectivity index (χ1v) is 5.32. The Labute approximate surface area is 102 Å². The lowest BCUT2D eigenvalue weighted by atomic mass is 10.2. The number of anilines is 1. The number of halogens is 3. The maximum absolute atomic E-state index is 12.5. The van der Waals surface area contributed by atoms with Crippen LogP contribution in [0, 0.1) is 6.92 Å². The molecule has 0 aliphatic rings. The minimum atomic E-state index is -4.41. The third-order valence-electron chi connectivity index (χ3n) is 2.58. The molecule has 1 aromatic heterocycles. The van der Waals surface area contributed by atoms with Crippen molar-refractivity contribution in [1.82, 2.24) is 9.78 Å². The fourth-order valence-electron chi connectivity index (χ4n) is 1.60. The number of rotatable bonds is 2. The molecule has 0 saturated carbocycles. The molecular formula is C12H12F3N3. The van der Waals surface area contributed by atoms with E-state index in [1.165, 1.54) is 4.68 Å². The van der Waals surface area contributed by atoms with E-state index in [1.54, 1.807) is 31.2 Å². The van der Waals surface area contributed by atoms with Crippen molar-refractivity contribution in [2.24, 2.45) is 0 Å². The molecule has 1 aromatic carbocycles. The lowest BCUT2D eigenvalue weighted by Crippen LogP contribution is -2.09. The van der Waals surface area contributed by atoms with Gasteiger partial charge in [-0.3, -0.25) is 4.68 Å². The highest BCUT2D eigenvalue weighted by Crippen LogP contribution is 2.28. The summed E-state index contributed by atoms with van der Waals surface area (Å²) in [7, 11) is 0. The summed E-state index contributed by atoms with van der Waals surface area (Å²) < 4.78 is 38.8. The Morgan fingerprint density at radius 1 is 1.22 bits per heavy atom. The van der Waals surface area contributed by atoms with Crippen LogP contribution in [0.5, 0.6) is 0 Å². The molecule has 0 aliphatic heterocycles. The van der Waals surface area contributed by atoms with Crippen molar-refractivity contribution in [1.29, 1.82) is 0 Å². The Hall–Kier alpha value is -1.98. The molecule has 96 valence electrons. The molecule has 2 rings (SSSR count). The van der Waals surface area contributed by atoms with Gasteiger partial charge in [0, 0.05) is 11.4 Å². The summed E-state index contributed by atoms with van der Waals surface area (Å²) in [5.74, 6) is 0. The number of aromatic nitrogens is 2. The highest BCUT2D eigenvalue weighted by Gasteiger charge is 2.34. The minimum absolute atomic E-state index is 0.294. The zero-order valence-electron chi connectivity index (χ0n) is 9.70. The van der Waals surface area contributed by atoms with Crippen LogP contribution in [0.25, 0.3) is 0 Å². The molecule has 0 bridgehead atoms. The van der Waals surface area contributed by atoms with Crippen molar-refractivity contribution in [3.8, 4) is 0 Å². The van der Waals surface area contributed by atoms with Crippen LogP contribution in [-0.2, 0) is 12.7 Å². The Balaban J connectivity index is 2.24. The summed E-state index contributed by atoms with van der Waals surface area (Å²) in [5, 5.41) is 3.56. The Kier molecular flexibility index (Phi) is 3.02. The van der Waals surface area contributed by atoms with Gasteiger partial charge in [0.15, 0.2) is 5.69 Å². The smallest absolute Gasteiger partial charge is 0.399 e. The number of alkyl halides is 3. The van der Waals surface area contributed by atoms with E-state index in [0.717, 1.165) is 11.6 Å². The fraction of sp³-hybridized carbons (Fsp3) is 0.250. The standard InChI is InChI=1S/C12H12F3N3/c1-8-6-11(12(13,14)15)17-18(8)7-9-2-4-10(16)5-3-9/h2-6H,7,16H2,1H3. The molecule has 0 fully saturated rings. The van der Waals surface area contributed by atoms with Gasteiger partial charge < -0.3 is 5.73 Å². The van der Waals surface area contributed by atoms with E-state index in [0.29, 0.717) is 17.9 Å². The molecule has 1 heterocycles. The van der Waals surface area contributed by atoms with Crippen molar-refractivity contribution < 1.29 is 13.2 Å². The van der Waals surface area contributed by atoms with Gasteiger partial charge >= 0.3 is 6.18 Å². The predicted molar refractivity (Wildman–Crippen MR) is 61.9 cm³/mol. The second-order valence-corrected chi connectivity index (χ2v) is 4.07. The molecule has 0 unspecified atom stereocenters. The average molecular weight is 255 g/mol. The summed E-state index contributed by atoms with van der Waals surface area (Å²) in [5.41, 5.74) is 6.61. The number of aryl methyl sites for hydroxylation is 1. The van der Waals surface area contributed by atoms with Crippen molar-refractivity contribution >= 4 is 5.69 Å². The van der Waals surface area contributed by atoms with Crippen LogP contribution in [0.1, 0.15) is 17.0 Å². The number of nitrogens with zero attached hydrogens (tertiary/aromatic N) is 2. The molecule has 0 radical (unpaired) electrons. The number of nitrogen functional groups attached to an aromatic ring is 1. The molecule has 18 heavy (non-hydrogen) atoms. The second kappa shape index (κ2) is 4.36. The van der Waals surface area contributed by atoms with Crippen molar-refractivity contribution in [2.45, 2.75) is 19.6 Å².